The van der Waals surface area contributed by atoms with Crippen LogP contribution in [0.25, 0.3) is 5.78 Å². The zero-order chi connectivity index (χ0) is 21.8. The van der Waals surface area contributed by atoms with Crippen molar-refractivity contribution in [2.75, 3.05) is 5.75 Å². The van der Waals surface area contributed by atoms with Gasteiger partial charge in [-0.25, -0.2) is 9.50 Å². The third-order valence-electron chi connectivity index (χ3n) is 5.26. The summed E-state index contributed by atoms with van der Waals surface area (Å²) in [7, 11) is 0. The number of aryl methyl sites for hydroxylation is 2. The number of hydrogen-bond acceptors (Lipinski definition) is 5. The van der Waals surface area contributed by atoms with Crippen molar-refractivity contribution in [1.82, 2.24) is 24.9 Å². The van der Waals surface area contributed by atoms with Crippen molar-refractivity contribution >= 4 is 23.4 Å². The van der Waals surface area contributed by atoms with Gasteiger partial charge >= 0.3 is 0 Å². The van der Waals surface area contributed by atoms with Gasteiger partial charge in [0.15, 0.2) is 0 Å². The molecule has 0 bridgehead atoms. The van der Waals surface area contributed by atoms with Gasteiger partial charge in [0.2, 0.25) is 11.1 Å². The molecule has 1 atom stereocenters. The molecular weight excluding hydrogens is 406 g/mol. The minimum absolute atomic E-state index is 0.0459. The molecule has 0 unspecified atom stereocenters. The lowest BCUT2D eigenvalue weighted by molar-refractivity contribution is -0.119. The number of carbonyl (C=O) groups is 1. The number of aromatic nitrogens is 4. The number of nitrogens with one attached hydrogen (secondary N) is 1. The molecule has 0 saturated carbocycles. The van der Waals surface area contributed by atoms with Gasteiger partial charge in [0, 0.05) is 17.8 Å². The molecule has 0 aliphatic heterocycles. The van der Waals surface area contributed by atoms with Gasteiger partial charge in [0.05, 0.1) is 11.8 Å². The van der Waals surface area contributed by atoms with Gasteiger partial charge in [-0.3, -0.25) is 4.79 Å². The molecule has 6 nitrogen and oxygen atoms in total. The van der Waals surface area contributed by atoms with Crippen LogP contribution in [-0.4, -0.2) is 31.2 Å². The van der Waals surface area contributed by atoms with Gasteiger partial charge in [-0.2, -0.15) is 4.98 Å². The molecule has 4 aromatic rings. The Balaban J connectivity index is 1.45. The van der Waals surface area contributed by atoms with Crippen LogP contribution in [-0.2, 0) is 11.2 Å². The first kappa shape index (κ1) is 21.1. The van der Waals surface area contributed by atoms with Crippen molar-refractivity contribution in [1.29, 1.82) is 0 Å². The van der Waals surface area contributed by atoms with Crippen LogP contribution in [0.15, 0.2) is 65.8 Å². The molecular formula is C24H25N5OS. The lowest BCUT2D eigenvalue weighted by Crippen LogP contribution is -2.28. The first-order valence-electron chi connectivity index (χ1n) is 10.2. The first-order valence-corrected chi connectivity index (χ1v) is 11.2. The third-order valence-corrected chi connectivity index (χ3v) is 6.10. The van der Waals surface area contributed by atoms with E-state index in [2.05, 4.69) is 32.5 Å². The van der Waals surface area contributed by atoms with Crippen LogP contribution >= 0.6 is 11.8 Å². The molecule has 4 rings (SSSR count). The lowest BCUT2D eigenvalue weighted by atomic mass is 10.0. The summed E-state index contributed by atoms with van der Waals surface area (Å²) in [6, 6.07) is 20.2. The van der Waals surface area contributed by atoms with Crippen LogP contribution in [0.2, 0.25) is 0 Å². The maximum atomic E-state index is 12.4. The number of nitrogens with zero attached hydrogens (tertiary/aromatic N) is 4. The van der Waals surface area contributed by atoms with E-state index in [0.717, 1.165) is 28.9 Å². The maximum absolute atomic E-state index is 12.4. The van der Waals surface area contributed by atoms with Crippen LogP contribution in [0.4, 0.5) is 0 Å². The van der Waals surface area contributed by atoms with E-state index in [1.54, 1.807) is 4.52 Å². The van der Waals surface area contributed by atoms with E-state index in [1.165, 1.54) is 17.3 Å². The average molecular weight is 432 g/mol. The van der Waals surface area contributed by atoms with Gasteiger partial charge in [0.25, 0.3) is 5.78 Å². The van der Waals surface area contributed by atoms with Crippen molar-refractivity contribution in [3.05, 3.63) is 88.7 Å². The Bertz CT molecular complexity index is 1190. The highest BCUT2D eigenvalue weighted by Crippen LogP contribution is 2.21. The topological polar surface area (TPSA) is 72.2 Å². The normalized spacial score (nSPS) is 12.1. The summed E-state index contributed by atoms with van der Waals surface area (Å²) >= 11 is 1.32. The Morgan fingerprint density at radius 2 is 1.71 bits per heavy atom. The Kier molecular flexibility index (Phi) is 6.32. The molecule has 2 aromatic heterocycles. The number of rotatable bonds is 7. The van der Waals surface area contributed by atoms with E-state index in [0.29, 0.717) is 10.9 Å². The number of carbonyl (C=O) groups excluding carboxylic acids is 1. The standard InChI is InChI=1S/C24H25N5OS/c1-16(20-12-8-5-9-13-20)25-22(30)15-31-24-27-23-26-17(2)21(18(3)29(23)28-24)14-19-10-6-4-7-11-19/h4-13,16H,14-15H2,1-3H3,(H,25,30)/t16-/m0/s1. The SMILES string of the molecule is Cc1nc2nc(SCC(=O)N[C@@H](C)c3ccccc3)nn2c(C)c1Cc1ccccc1. The van der Waals surface area contributed by atoms with Crippen LogP contribution in [0.3, 0.4) is 0 Å². The number of thioether (sulfide) groups is 1. The van der Waals surface area contributed by atoms with Crippen molar-refractivity contribution < 1.29 is 4.79 Å². The minimum atomic E-state index is -0.0502. The maximum Gasteiger partial charge on any atom is 0.253 e. The molecule has 7 heteroatoms. The monoisotopic (exact) mass is 431 g/mol. The molecule has 0 radical (unpaired) electrons. The fourth-order valence-corrected chi connectivity index (χ4v) is 4.17. The number of hydrogen-bond donors (Lipinski definition) is 1. The van der Waals surface area contributed by atoms with Crippen molar-refractivity contribution in [2.45, 2.75) is 38.4 Å². The van der Waals surface area contributed by atoms with Gasteiger partial charge in [0.1, 0.15) is 0 Å². The highest BCUT2D eigenvalue weighted by molar-refractivity contribution is 7.99. The molecule has 1 amide bonds. The smallest absolute Gasteiger partial charge is 0.253 e. The van der Waals surface area contributed by atoms with E-state index in [1.807, 2.05) is 69.3 Å². The second-order valence-corrected chi connectivity index (χ2v) is 8.46. The van der Waals surface area contributed by atoms with E-state index in [-0.39, 0.29) is 17.7 Å². The van der Waals surface area contributed by atoms with Gasteiger partial charge < -0.3 is 5.32 Å². The Morgan fingerprint density at radius 1 is 1.03 bits per heavy atom. The summed E-state index contributed by atoms with van der Waals surface area (Å²) in [6.45, 7) is 6.02. The molecule has 31 heavy (non-hydrogen) atoms. The van der Waals surface area contributed by atoms with E-state index >= 15 is 0 Å². The second kappa shape index (κ2) is 9.31. The Labute approximate surface area is 186 Å². The molecule has 1 N–H and O–H groups in total. The van der Waals surface area contributed by atoms with Crippen LogP contribution in [0, 0.1) is 13.8 Å². The fraction of sp³-hybridized carbons (Fsp3) is 0.250. The molecule has 2 heterocycles. The predicted octanol–water partition coefficient (Wildman–Crippen LogP) is 4.30. The molecule has 0 spiro atoms. The number of benzene rings is 2. The Morgan fingerprint density at radius 3 is 2.42 bits per heavy atom. The van der Waals surface area contributed by atoms with Gasteiger partial charge in [-0.15, -0.1) is 5.10 Å². The third kappa shape index (κ3) is 4.94. The highest BCUT2D eigenvalue weighted by Gasteiger charge is 2.16. The minimum Gasteiger partial charge on any atom is -0.349 e. The summed E-state index contributed by atoms with van der Waals surface area (Å²) in [6.07, 6.45) is 0.795. The summed E-state index contributed by atoms with van der Waals surface area (Å²) < 4.78 is 1.78. The first-order chi connectivity index (χ1) is 15.0. The highest BCUT2D eigenvalue weighted by atomic mass is 32.2. The van der Waals surface area contributed by atoms with Gasteiger partial charge in [-0.05, 0) is 37.5 Å². The van der Waals surface area contributed by atoms with E-state index in [9.17, 15) is 4.79 Å². The number of amides is 1. The van der Waals surface area contributed by atoms with Crippen molar-refractivity contribution in [3.63, 3.8) is 0 Å². The van der Waals surface area contributed by atoms with E-state index < -0.39 is 0 Å². The van der Waals surface area contributed by atoms with E-state index in [4.69, 9.17) is 0 Å². The summed E-state index contributed by atoms with van der Waals surface area (Å²) in [4.78, 5) is 21.5. The van der Waals surface area contributed by atoms with Crippen LogP contribution in [0.1, 0.15) is 41.0 Å². The molecule has 0 saturated heterocycles. The molecule has 2 aromatic carbocycles. The van der Waals surface area contributed by atoms with Crippen molar-refractivity contribution in [3.8, 4) is 0 Å². The largest absolute Gasteiger partial charge is 0.349 e. The zero-order valence-corrected chi connectivity index (χ0v) is 18.7. The van der Waals surface area contributed by atoms with Crippen LogP contribution in [0.5, 0.6) is 0 Å². The second-order valence-electron chi connectivity index (χ2n) is 7.52. The zero-order valence-electron chi connectivity index (χ0n) is 17.9. The van der Waals surface area contributed by atoms with Crippen molar-refractivity contribution in [2.24, 2.45) is 0 Å². The van der Waals surface area contributed by atoms with Crippen LogP contribution < -0.4 is 5.32 Å². The molecule has 0 fully saturated rings. The number of fused-ring (bicyclic) bond motifs is 1. The predicted molar refractivity (Wildman–Crippen MR) is 123 cm³/mol. The van der Waals surface area contributed by atoms with Gasteiger partial charge in [-0.1, -0.05) is 72.4 Å². The molecule has 0 aliphatic carbocycles. The Hall–Kier alpha value is -3.19. The summed E-state index contributed by atoms with van der Waals surface area (Å²) in [5, 5.41) is 8.16. The molecule has 158 valence electrons. The average Bonchev–Trinajstić information content (AvgIpc) is 3.19. The lowest BCUT2D eigenvalue weighted by Gasteiger charge is -2.13. The molecule has 0 aliphatic rings. The fourth-order valence-electron chi connectivity index (χ4n) is 3.55. The summed E-state index contributed by atoms with van der Waals surface area (Å²) in [5.41, 5.74) is 5.43. The quantitative estimate of drug-likeness (QED) is 0.442. The summed E-state index contributed by atoms with van der Waals surface area (Å²) in [5.74, 6) is 0.765.